The molecule has 0 spiro atoms. The number of carbonyl (C=O) groups excluding carboxylic acids is 1. The smallest absolute Gasteiger partial charge is 0.195 e. The number of benzene rings is 1. The van der Waals surface area contributed by atoms with Crippen molar-refractivity contribution >= 4 is 32.2 Å². The van der Waals surface area contributed by atoms with Crippen LogP contribution in [0.25, 0.3) is 11.0 Å². The Balaban J connectivity index is 1.58. The molecule has 8 nitrogen and oxygen atoms in total. The average Bonchev–Trinajstić information content (AvgIpc) is 3.38. The molecule has 5 atom stereocenters. The Labute approximate surface area is 186 Å². The average molecular weight is 456 g/mol. The van der Waals surface area contributed by atoms with E-state index in [2.05, 4.69) is 15.8 Å². The fourth-order valence-electron chi connectivity index (χ4n) is 4.51. The van der Waals surface area contributed by atoms with Gasteiger partial charge < -0.3 is 18.8 Å². The molecule has 0 saturated carbocycles. The molecule has 1 aromatic carbocycles. The minimum absolute atomic E-state index is 0.306. The molecule has 2 fully saturated rings. The van der Waals surface area contributed by atoms with Gasteiger partial charge in [0.25, 0.3) is 0 Å². The monoisotopic (exact) mass is 455 g/mol. The van der Waals surface area contributed by atoms with Crippen molar-refractivity contribution in [3.8, 4) is 0 Å². The van der Waals surface area contributed by atoms with Crippen LogP contribution in [0.1, 0.15) is 36.1 Å². The van der Waals surface area contributed by atoms with Crippen LogP contribution in [0.2, 0.25) is 0 Å². The summed E-state index contributed by atoms with van der Waals surface area (Å²) < 4.78 is 33.1. The van der Waals surface area contributed by atoms with Gasteiger partial charge in [-0.1, -0.05) is 18.2 Å². The molecule has 1 unspecified atom stereocenters. The van der Waals surface area contributed by atoms with Gasteiger partial charge in [-0.25, -0.2) is 9.97 Å². The van der Waals surface area contributed by atoms with Crippen molar-refractivity contribution in [1.29, 1.82) is 0 Å². The molecule has 32 heavy (non-hydrogen) atoms. The highest BCUT2D eigenvalue weighted by Gasteiger charge is 2.58. The lowest BCUT2D eigenvalue weighted by atomic mass is 10.0. The molecule has 0 radical (unpaired) electrons. The molecule has 2 aliphatic rings. The number of rotatable bonds is 4. The number of aromatic nitrogens is 3. The van der Waals surface area contributed by atoms with Gasteiger partial charge in [0.05, 0.1) is 5.69 Å². The molecule has 2 saturated heterocycles. The predicted octanol–water partition coefficient (Wildman–Crippen LogP) is 2.75. The predicted molar refractivity (Wildman–Crippen MR) is 120 cm³/mol. The molecular formula is C23H25N3O5S. The van der Waals surface area contributed by atoms with Crippen LogP contribution in [0.5, 0.6) is 0 Å². The van der Waals surface area contributed by atoms with Gasteiger partial charge in [-0.2, -0.15) is 0 Å². The van der Waals surface area contributed by atoms with E-state index in [4.69, 9.17) is 14.2 Å². The van der Waals surface area contributed by atoms with E-state index in [1.54, 1.807) is 24.3 Å². The summed E-state index contributed by atoms with van der Waals surface area (Å²) in [4.78, 5) is 22.7. The van der Waals surface area contributed by atoms with Gasteiger partial charge in [-0.05, 0) is 48.3 Å². The van der Waals surface area contributed by atoms with E-state index in [-0.39, 0.29) is 5.78 Å². The van der Waals surface area contributed by atoms with Gasteiger partial charge in [0.15, 0.2) is 23.9 Å². The van der Waals surface area contributed by atoms with Crippen molar-refractivity contribution in [1.82, 2.24) is 14.5 Å². The first kappa shape index (κ1) is 21.3. The summed E-state index contributed by atoms with van der Waals surface area (Å²) in [7, 11) is -2.61. The summed E-state index contributed by atoms with van der Waals surface area (Å²) >= 11 is 0. The van der Waals surface area contributed by atoms with E-state index in [0.29, 0.717) is 16.1 Å². The Bertz CT molecular complexity index is 1330. The minimum atomic E-state index is -2.61. The minimum Gasteiger partial charge on any atom is -0.341 e. The number of hydrogen-bond acceptors (Lipinski definition) is 7. The number of ketones is 1. The van der Waals surface area contributed by atoms with Crippen molar-refractivity contribution in [2.24, 2.45) is 0 Å². The maximum atomic E-state index is 13.7. The first-order valence-corrected chi connectivity index (χ1v) is 12.4. The molecule has 0 amide bonds. The van der Waals surface area contributed by atoms with Crippen molar-refractivity contribution in [3.05, 3.63) is 54.1 Å². The van der Waals surface area contributed by atoms with Crippen molar-refractivity contribution in [2.75, 3.05) is 6.26 Å². The molecule has 9 heteroatoms. The Hall–Kier alpha value is -2.59. The largest absolute Gasteiger partial charge is 0.341 e. The second kappa shape index (κ2) is 7.21. The fourth-order valence-corrected chi connectivity index (χ4v) is 5.51. The van der Waals surface area contributed by atoms with Crippen molar-refractivity contribution in [3.63, 3.8) is 0 Å². The third kappa shape index (κ3) is 3.36. The lowest BCUT2D eigenvalue weighted by Gasteiger charge is -2.25. The van der Waals surface area contributed by atoms with Crippen LogP contribution in [0, 0.1) is 6.92 Å². The maximum Gasteiger partial charge on any atom is 0.195 e. The van der Waals surface area contributed by atoms with Gasteiger partial charge in [0.1, 0.15) is 24.2 Å². The summed E-state index contributed by atoms with van der Waals surface area (Å²) in [6.07, 6.45) is 2.17. The van der Waals surface area contributed by atoms with Gasteiger partial charge in [0, 0.05) is 28.3 Å². The summed E-state index contributed by atoms with van der Waals surface area (Å²) in [6.45, 7) is 5.54. The number of nitrogens with zero attached hydrogens (tertiary/aromatic N) is 3. The molecule has 0 bridgehead atoms. The Kier molecular flexibility index (Phi) is 4.79. The molecular weight excluding hydrogens is 430 g/mol. The van der Waals surface area contributed by atoms with Crippen molar-refractivity contribution < 1.29 is 23.2 Å². The summed E-state index contributed by atoms with van der Waals surface area (Å²) in [5, 5.41) is 0.897. The van der Waals surface area contributed by atoms with Crippen LogP contribution in [0.3, 0.4) is 0 Å². The third-order valence-electron chi connectivity index (χ3n) is 5.89. The second-order valence-corrected chi connectivity index (χ2v) is 11.2. The molecule has 2 aromatic heterocycles. The number of hydrogen-bond donors (Lipinski definition) is 0. The van der Waals surface area contributed by atoms with E-state index in [1.807, 2.05) is 37.6 Å². The second-order valence-electron chi connectivity index (χ2n) is 8.80. The lowest BCUT2D eigenvalue weighted by Crippen LogP contribution is -2.36. The molecule has 0 N–H and O–H groups in total. The maximum absolute atomic E-state index is 13.7. The fraction of sp³-hybridized carbons (Fsp3) is 0.391. The molecule has 3 aromatic rings. The Morgan fingerprint density at radius 2 is 1.88 bits per heavy atom. The van der Waals surface area contributed by atoms with Crippen LogP contribution in [0.15, 0.2) is 47.8 Å². The number of aryl methyl sites for hydroxylation is 1. The van der Waals surface area contributed by atoms with Crippen molar-refractivity contribution in [2.45, 2.75) is 56.0 Å². The van der Waals surface area contributed by atoms with Gasteiger partial charge in [-0.15, -0.1) is 0 Å². The van der Waals surface area contributed by atoms with E-state index < -0.39 is 39.8 Å². The standard InChI is InChI=1S/C23H25N3O5S/c1-13-14-10-11-26(21(14)25-12-24-13)22-20-19(30-23(2,3)31-20)18(29-22)17(27)15-8-6-7-9-16(15)32(4,5)28/h6-12,18-20,22H,4H2,1-3,5H3/t18-,19-,20-,22-,32?/m1/s1. The van der Waals surface area contributed by atoms with E-state index in [0.717, 1.165) is 11.1 Å². The molecule has 0 aliphatic carbocycles. The zero-order valence-corrected chi connectivity index (χ0v) is 19.2. The van der Waals surface area contributed by atoms with Gasteiger partial charge >= 0.3 is 0 Å². The zero-order chi connectivity index (χ0) is 22.8. The highest BCUT2D eigenvalue weighted by Crippen LogP contribution is 2.45. The van der Waals surface area contributed by atoms with E-state index in [9.17, 15) is 9.00 Å². The molecule has 4 heterocycles. The zero-order valence-electron chi connectivity index (χ0n) is 18.3. The van der Waals surface area contributed by atoms with Crippen LogP contribution in [-0.2, 0) is 23.7 Å². The van der Waals surface area contributed by atoms with Gasteiger partial charge in [-0.3, -0.25) is 9.00 Å². The third-order valence-corrected chi connectivity index (χ3v) is 7.17. The SMILES string of the molecule is C=S(C)(=O)c1ccccc1C(=O)[C@H]1O[C@@H](n2ccc3c(C)ncnc32)[C@@H]2OC(C)(C)O[C@@H]21. The van der Waals surface area contributed by atoms with Crippen LogP contribution >= 0.6 is 0 Å². The van der Waals surface area contributed by atoms with E-state index >= 15 is 0 Å². The van der Waals surface area contributed by atoms with Gasteiger partial charge in [0.2, 0.25) is 0 Å². The molecule has 2 aliphatic heterocycles. The Morgan fingerprint density at radius 1 is 1.16 bits per heavy atom. The summed E-state index contributed by atoms with van der Waals surface area (Å²) in [5.74, 6) is 2.57. The topological polar surface area (TPSA) is 92.5 Å². The quantitative estimate of drug-likeness (QED) is 0.441. The van der Waals surface area contributed by atoms with Crippen LogP contribution in [0.4, 0.5) is 0 Å². The first-order valence-electron chi connectivity index (χ1n) is 10.3. The lowest BCUT2D eigenvalue weighted by molar-refractivity contribution is -0.190. The Morgan fingerprint density at radius 3 is 2.62 bits per heavy atom. The van der Waals surface area contributed by atoms with Crippen LogP contribution < -0.4 is 0 Å². The summed E-state index contributed by atoms with van der Waals surface area (Å²) in [6, 6.07) is 8.72. The molecule has 5 rings (SSSR count). The first-order chi connectivity index (χ1) is 15.1. The number of carbonyl (C=O) groups is 1. The number of Topliss-reactive ketones (excluding diaryl/α,β-unsaturated/α-hetero) is 1. The normalized spacial score (nSPS) is 28.5. The number of fused-ring (bicyclic) bond motifs is 2. The number of ether oxygens (including phenoxy) is 3. The highest BCUT2D eigenvalue weighted by atomic mass is 32.2. The highest BCUT2D eigenvalue weighted by molar-refractivity contribution is 7.99. The summed E-state index contributed by atoms with van der Waals surface area (Å²) in [5.41, 5.74) is 1.86. The van der Waals surface area contributed by atoms with Crippen LogP contribution in [-0.4, -0.2) is 60.8 Å². The molecule has 168 valence electrons. The van der Waals surface area contributed by atoms with E-state index in [1.165, 1.54) is 12.6 Å².